The van der Waals surface area contributed by atoms with Crippen LogP contribution in [0.3, 0.4) is 0 Å². The predicted molar refractivity (Wildman–Crippen MR) is 74.1 cm³/mol. The first-order valence-electron chi connectivity index (χ1n) is 7.19. The molecule has 3 rings (SSSR count). The van der Waals surface area contributed by atoms with E-state index >= 15 is 0 Å². The highest BCUT2D eigenvalue weighted by Gasteiger charge is 2.35. The molecule has 2 atom stereocenters. The topological polar surface area (TPSA) is 78.7 Å². The average molecular weight is 291 g/mol. The number of rotatable bonds is 4. The molecule has 1 aromatic carbocycles. The lowest BCUT2D eigenvalue weighted by molar-refractivity contribution is -0.484. The number of nitro groups is 1. The summed E-state index contributed by atoms with van der Waals surface area (Å²) in [6, 6.07) is 5.35. The third-order valence-electron chi connectivity index (χ3n) is 4.26. The maximum Gasteiger partial charge on any atom is 0.231 e. The zero-order valence-corrected chi connectivity index (χ0v) is 11.6. The lowest BCUT2D eigenvalue weighted by atomic mass is 9.76. The highest BCUT2D eigenvalue weighted by atomic mass is 16.7. The van der Waals surface area contributed by atoms with Crippen molar-refractivity contribution < 1.29 is 19.2 Å². The highest BCUT2D eigenvalue weighted by Crippen LogP contribution is 2.39. The molecule has 0 aromatic heterocycles. The van der Waals surface area contributed by atoms with E-state index in [0.717, 1.165) is 24.8 Å². The largest absolute Gasteiger partial charge is 0.454 e. The summed E-state index contributed by atoms with van der Waals surface area (Å²) in [7, 11) is 0. The molecule has 1 aliphatic heterocycles. The van der Waals surface area contributed by atoms with Crippen LogP contribution in [-0.4, -0.2) is 24.0 Å². The quantitative estimate of drug-likeness (QED) is 0.629. The highest BCUT2D eigenvalue weighted by molar-refractivity contribution is 5.82. The molecule has 0 radical (unpaired) electrons. The van der Waals surface area contributed by atoms with Crippen LogP contribution in [0.1, 0.15) is 37.2 Å². The van der Waals surface area contributed by atoms with Crippen LogP contribution in [0.15, 0.2) is 18.2 Å². The molecule has 2 unspecified atom stereocenters. The Hall–Kier alpha value is -2.11. The Labute approximate surface area is 122 Å². The van der Waals surface area contributed by atoms with Crippen molar-refractivity contribution in [2.24, 2.45) is 5.92 Å². The minimum atomic E-state index is -0.387. The molecule has 1 aromatic rings. The van der Waals surface area contributed by atoms with E-state index in [-0.39, 0.29) is 35.9 Å². The fourth-order valence-corrected chi connectivity index (χ4v) is 3.20. The van der Waals surface area contributed by atoms with Crippen molar-refractivity contribution in [2.75, 3.05) is 13.3 Å². The normalized spacial score (nSPS) is 22.1. The molecule has 1 fully saturated rings. The fourth-order valence-electron chi connectivity index (χ4n) is 3.20. The lowest BCUT2D eigenvalue weighted by Crippen LogP contribution is -2.30. The van der Waals surface area contributed by atoms with Crippen LogP contribution in [0.25, 0.3) is 0 Å². The third-order valence-corrected chi connectivity index (χ3v) is 4.26. The molecule has 0 bridgehead atoms. The summed E-state index contributed by atoms with van der Waals surface area (Å²) in [6.45, 7) is -0.0584. The van der Waals surface area contributed by atoms with Gasteiger partial charge < -0.3 is 9.47 Å². The van der Waals surface area contributed by atoms with Gasteiger partial charge in [0, 0.05) is 17.3 Å². The first kappa shape index (κ1) is 13.9. The molecule has 0 saturated heterocycles. The standard InChI is InChI=1S/C15H17NO5/c17-13-4-2-1-3-11(13)12(8-16(18)19)10-5-6-14-15(7-10)21-9-20-14/h5-7,11-12H,1-4,8-9H2. The summed E-state index contributed by atoms with van der Waals surface area (Å²) in [6.07, 6.45) is 3.10. The number of ether oxygens (including phenoxy) is 2. The Morgan fingerprint density at radius 3 is 2.86 bits per heavy atom. The Balaban J connectivity index is 1.91. The van der Waals surface area contributed by atoms with Crippen molar-refractivity contribution >= 4 is 5.78 Å². The van der Waals surface area contributed by atoms with Gasteiger partial charge in [0.2, 0.25) is 13.3 Å². The maximum atomic E-state index is 12.1. The molecule has 1 aliphatic carbocycles. The molecule has 6 heteroatoms. The summed E-state index contributed by atoms with van der Waals surface area (Å²) < 4.78 is 10.6. The minimum absolute atomic E-state index is 0.144. The van der Waals surface area contributed by atoms with E-state index in [1.54, 1.807) is 12.1 Å². The number of nitrogens with zero attached hydrogens (tertiary/aromatic N) is 1. The van der Waals surface area contributed by atoms with Gasteiger partial charge in [-0.05, 0) is 30.5 Å². The average Bonchev–Trinajstić information content (AvgIpc) is 2.93. The zero-order valence-electron chi connectivity index (χ0n) is 11.6. The van der Waals surface area contributed by atoms with Crippen LogP contribution in [0, 0.1) is 16.0 Å². The van der Waals surface area contributed by atoms with Crippen molar-refractivity contribution in [3.63, 3.8) is 0 Å². The van der Waals surface area contributed by atoms with E-state index < -0.39 is 0 Å². The van der Waals surface area contributed by atoms with Crippen molar-refractivity contribution in [3.05, 3.63) is 33.9 Å². The van der Waals surface area contributed by atoms with E-state index in [1.807, 2.05) is 6.07 Å². The number of Topliss-reactive ketones (excluding diaryl/α,β-unsaturated/α-hetero) is 1. The number of hydrogen-bond acceptors (Lipinski definition) is 5. The molecule has 112 valence electrons. The summed E-state index contributed by atoms with van der Waals surface area (Å²) in [5.41, 5.74) is 0.788. The second-order valence-electron chi connectivity index (χ2n) is 5.55. The SMILES string of the molecule is O=C1CCCCC1C(C[N+](=O)[O-])c1ccc2c(c1)OCO2. The van der Waals surface area contributed by atoms with Crippen LogP contribution in [0.4, 0.5) is 0 Å². The van der Waals surface area contributed by atoms with E-state index in [9.17, 15) is 14.9 Å². The number of benzene rings is 1. The molecule has 0 spiro atoms. The second-order valence-corrected chi connectivity index (χ2v) is 5.55. The Morgan fingerprint density at radius 1 is 1.29 bits per heavy atom. The molecule has 6 nitrogen and oxygen atoms in total. The third kappa shape index (κ3) is 2.84. The predicted octanol–water partition coefficient (Wildman–Crippen LogP) is 2.53. The Morgan fingerprint density at radius 2 is 2.10 bits per heavy atom. The number of fused-ring (bicyclic) bond motifs is 1. The molecule has 1 heterocycles. The van der Waals surface area contributed by atoms with Crippen LogP contribution >= 0.6 is 0 Å². The zero-order chi connectivity index (χ0) is 14.8. The van der Waals surface area contributed by atoms with Gasteiger partial charge in [-0.3, -0.25) is 14.9 Å². The smallest absolute Gasteiger partial charge is 0.231 e. The number of carbonyl (C=O) groups is 1. The van der Waals surface area contributed by atoms with Gasteiger partial charge in [-0.15, -0.1) is 0 Å². The van der Waals surface area contributed by atoms with Crippen LogP contribution < -0.4 is 9.47 Å². The number of hydrogen-bond donors (Lipinski definition) is 0. The maximum absolute atomic E-state index is 12.1. The van der Waals surface area contributed by atoms with E-state index in [1.165, 1.54) is 0 Å². The van der Waals surface area contributed by atoms with E-state index in [0.29, 0.717) is 17.9 Å². The van der Waals surface area contributed by atoms with Gasteiger partial charge in [0.15, 0.2) is 11.5 Å². The molecule has 1 saturated carbocycles. The van der Waals surface area contributed by atoms with Crippen molar-refractivity contribution in [2.45, 2.75) is 31.6 Å². The van der Waals surface area contributed by atoms with Crippen molar-refractivity contribution in [1.82, 2.24) is 0 Å². The van der Waals surface area contributed by atoms with Gasteiger partial charge in [-0.2, -0.15) is 0 Å². The number of ketones is 1. The van der Waals surface area contributed by atoms with E-state index in [2.05, 4.69) is 0 Å². The number of carbonyl (C=O) groups excluding carboxylic acids is 1. The van der Waals surface area contributed by atoms with E-state index in [4.69, 9.17) is 9.47 Å². The van der Waals surface area contributed by atoms with Gasteiger partial charge in [0.25, 0.3) is 0 Å². The first-order valence-corrected chi connectivity index (χ1v) is 7.19. The van der Waals surface area contributed by atoms with Gasteiger partial charge in [0.05, 0.1) is 5.92 Å². The Bertz CT molecular complexity index is 571. The minimum Gasteiger partial charge on any atom is -0.454 e. The van der Waals surface area contributed by atoms with Crippen molar-refractivity contribution in [1.29, 1.82) is 0 Å². The molecule has 2 aliphatic rings. The fraction of sp³-hybridized carbons (Fsp3) is 0.533. The van der Waals surface area contributed by atoms with Crippen molar-refractivity contribution in [3.8, 4) is 11.5 Å². The molecule has 0 amide bonds. The summed E-state index contributed by atoms with van der Waals surface area (Å²) in [4.78, 5) is 22.8. The monoisotopic (exact) mass is 291 g/mol. The van der Waals surface area contributed by atoms with Gasteiger partial charge in [-0.25, -0.2) is 0 Å². The molecular weight excluding hydrogens is 274 g/mol. The molecular formula is C15H17NO5. The Kier molecular flexibility index (Phi) is 3.77. The summed E-state index contributed by atoms with van der Waals surface area (Å²) in [5.74, 6) is 0.746. The lowest BCUT2D eigenvalue weighted by Gasteiger charge is -2.27. The van der Waals surface area contributed by atoms with Gasteiger partial charge >= 0.3 is 0 Å². The van der Waals surface area contributed by atoms with Crippen LogP contribution in [-0.2, 0) is 4.79 Å². The van der Waals surface area contributed by atoms with Crippen LogP contribution in [0.5, 0.6) is 11.5 Å². The summed E-state index contributed by atoms with van der Waals surface area (Å²) >= 11 is 0. The van der Waals surface area contributed by atoms with Gasteiger partial charge in [-0.1, -0.05) is 12.5 Å². The van der Waals surface area contributed by atoms with Crippen LogP contribution in [0.2, 0.25) is 0 Å². The summed E-state index contributed by atoms with van der Waals surface area (Å²) in [5, 5.41) is 11.0. The van der Waals surface area contributed by atoms with Gasteiger partial charge in [0.1, 0.15) is 5.78 Å². The second kappa shape index (κ2) is 5.71. The first-order chi connectivity index (χ1) is 10.1. The molecule has 21 heavy (non-hydrogen) atoms. The molecule has 0 N–H and O–H groups in total.